The maximum absolute atomic E-state index is 14.1. The minimum atomic E-state index is -0.472. The van der Waals surface area contributed by atoms with Gasteiger partial charge in [-0.05, 0) is 52.9 Å². The molecule has 0 saturated heterocycles. The summed E-state index contributed by atoms with van der Waals surface area (Å²) in [5.74, 6) is 1.55. The Morgan fingerprint density at radius 1 is 1.10 bits per heavy atom. The molecule has 1 unspecified atom stereocenters. The number of aromatic nitrogens is 2. The SMILES string of the molecule is CCCCCCN(C(=O)Cc1cccs1)C(C)c1nc2ccccc2c(=O)n1-c1cc(OC)cc(OC)c1Br. The normalized spacial score (nSPS) is 11.9. The lowest BCUT2D eigenvalue weighted by molar-refractivity contribution is -0.132. The largest absolute Gasteiger partial charge is 0.497 e. The van der Waals surface area contributed by atoms with E-state index in [1.54, 1.807) is 48.3 Å². The molecule has 7 nitrogen and oxygen atoms in total. The van der Waals surface area contributed by atoms with Crippen LogP contribution in [0.25, 0.3) is 16.6 Å². The molecule has 0 aliphatic rings. The monoisotopic (exact) mass is 611 g/mol. The zero-order chi connectivity index (χ0) is 27.9. The van der Waals surface area contributed by atoms with Gasteiger partial charge in [0.1, 0.15) is 17.3 Å². The van der Waals surface area contributed by atoms with Gasteiger partial charge in [-0.3, -0.25) is 14.2 Å². The smallest absolute Gasteiger partial charge is 0.266 e. The van der Waals surface area contributed by atoms with Crippen LogP contribution in [-0.4, -0.2) is 41.1 Å². The molecule has 0 radical (unpaired) electrons. The fraction of sp³-hybridized carbons (Fsp3) is 0.367. The number of hydrogen-bond donors (Lipinski definition) is 0. The van der Waals surface area contributed by atoms with Crippen molar-refractivity contribution >= 4 is 44.1 Å². The lowest BCUT2D eigenvalue weighted by Crippen LogP contribution is -2.39. The molecule has 0 aliphatic heterocycles. The third-order valence-electron chi connectivity index (χ3n) is 6.81. The number of unbranched alkanes of at least 4 members (excludes halogenated alkanes) is 3. The van der Waals surface area contributed by atoms with Crippen LogP contribution in [0.5, 0.6) is 11.5 Å². The van der Waals surface area contributed by atoms with Gasteiger partial charge in [0.15, 0.2) is 0 Å². The van der Waals surface area contributed by atoms with Crippen molar-refractivity contribution in [1.82, 2.24) is 14.5 Å². The third-order valence-corrected chi connectivity index (χ3v) is 8.48. The molecule has 4 aromatic rings. The summed E-state index contributed by atoms with van der Waals surface area (Å²) in [6, 6.07) is 14.3. The Balaban J connectivity index is 1.89. The van der Waals surface area contributed by atoms with Crippen molar-refractivity contribution in [3.63, 3.8) is 0 Å². The molecule has 39 heavy (non-hydrogen) atoms. The van der Waals surface area contributed by atoms with Crippen molar-refractivity contribution in [1.29, 1.82) is 0 Å². The molecular formula is C30H34BrN3O4S. The van der Waals surface area contributed by atoms with E-state index in [0.29, 0.717) is 51.4 Å². The van der Waals surface area contributed by atoms with E-state index in [2.05, 4.69) is 22.9 Å². The first-order valence-electron chi connectivity index (χ1n) is 13.1. The zero-order valence-corrected chi connectivity index (χ0v) is 25.2. The molecule has 1 atom stereocenters. The molecule has 2 heterocycles. The molecule has 2 aromatic carbocycles. The molecule has 9 heteroatoms. The summed E-state index contributed by atoms with van der Waals surface area (Å²) in [4.78, 5) is 35.7. The highest BCUT2D eigenvalue weighted by Gasteiger charge is 2.28. The van der Waals surface area contributed by atoms with Gasteiger partial charge >= 0.3 is 0 Å². The zero-order valence-electron chi connectivity index (χ0n) is 22.8. The van der Waals surface area contributed by atoms with Crippen LogP contribution in [0.1, 0.15) is 56.3 Å². The van der Waals surface area contributed by atoms with Gasteiger partial charge in [0.2, 0.25) is 5.91 Å². The summed E-state index contributed by atoms with van der Waals surface area (Å²) in [7, 11) is 3.13. The molecule has 0 spiro atoms. The molecule has 0 aliphatic carbocycles. The van der Waals surface area contributed by atoms with Gasteiger partial charge in [0.25, 0.3) is 5.56 Å². The van der Waals surface area contributed by atoms with E-state index >= 15 is 0 Å². The summed E-state index contributed by atoms with van der Waals surface area (Å²) in [6.07, 6.45) is 4.43. The van der Waals surface area contributed by atoms with Crippen LogP contribution in [0.2, 0.25) is 0 Å². The van der Waals surface area contributed by atoms with Gasteiger partial charge in [-0.15, -0.1) is 11.3 Å². The predicted octanol–water partition coefficient (Wildman–Crippen LogP) is 6.94. The van der Waals surface area contributed by atoms with Crippen molar-refractivity contribution in [3.05, 3.63) is 79.4 Å². The van der Waals surface area contributed by atoms with Gasteiger partial charge in [-0.2, -0.15) is 0 Å². The number of para-hydroxylation sites is 1. The second-order valence-corrected chi connectivity index (χ2v) is 11.2. The van der Waals surface area contributed by atoms with Gasteiger partial charge in [0.05, 0.1) is 47.7 Å². The van der Waals surface area contributed by atoms with Crippen molar-refractivity contribution in [2.24, 2.45) is 0 Å². The number of thiophene rings is 1. The Labute approximate surface area is 241 Å². The topological polar surface area (TPSA) is 73.7 Å². The number of hydrogen-bond acceptors (Lipinski definition) is 6. The summed E-state index contributed by atoms with van der Waals surface area (Å²) in [6.45, 7) is 4.70. The van der Waals surface area contributed by atoms with Gasteiger partial charge in [-0.1, -0.05) is 44.4 Å². The minimum Gasteiger partial charge on any atom is -0.497 e. The first kappa shape index (κ1) is 28.8. The van der Waals surface area contributed by atoms with E-state index in [9.17, 15) is 9.59 Å². The van der Waals surface area contributed by atoms with E-state index in [1.165, 1.54) is 0 Å². The molecule has 0 bridgehead atoms. The van der Waals surface area contributed by atoms with Crippen molar-refractivity contribution in [2.45, 2.75) is 52.0 Å². The number of carbonyl (C=O) groups is 1. The Morgan fingerprint density at radius 3 is 2.59 bits per heavy atom. The number of fused-ring (bicyclic) bond motifs is 1. The first-order chi connectivity index (χ1) is 18.9. The maximum Gasteiger partial charge on any atom is 0.266 e. The highest BCUT2D eigenvalue weighted by molar-refractivity contribution is 9.10. The third kappa shape index (κ3) is 6.36. The summed E-state index contributed by atoms with van der Waals surface area (Å²) in [5, 5.41) is 2.47. The fourth-order valence-electron chi connectivity index (χ4n) is 4.70. The number of ether oxygens (including phenoxy) is 2. The minimum absolute atomic E-state index is 0.0118. The van der Waals surface area contributed by atoms with Crippen molar-refractivity contribution in [2.75, 3.05) is 20.8 Å². The molecule has 0 N–H and O–H groups in total. The van der Waals surface area contributed by atoms with Crippen LogP contribution in [0.15, 0.2) is 63.2 Å². The number of rotatable bonds is 12. The van der Waals surface area contributed by atoms with Crippen LogP contribution in [0.3, 0.4) is 0 Å². The number of amides is 1. The quantitative estimate of drug-likeness (QED) is 0.162. The lowest BCUT2D eigenvalue weighted by atomic mass is 10.1. The number of carbonyl (C=O) groups excluding carboxylic acids is 1. The lowest BCUT2D eigenvalue weighted by Gasteiger charge is -2.31. The van der Waals surface area contributed by atoms with E-state index in [0.717, 1.165) is 30.6 Å². The van der Waals surface area contributed by atoms with Crippen molar-refractivity contribution < 1.29 is 14.3 Å². The molecular weight excluding hydrogens is 578 g/mol. The molecule has 2 aromatic heterocycles. The molecule has 1 amide bonds. The Hall–Kier alpha value is -3.17. The second-order valence-electron chi connectivity index (χ2n) is 9.37. The molecule has 0 fully saturated rings. The highest BCUT2D eigenvalue weighted by atomic mass is 79.9. The predicted molar refractivity (Wildman–Crippen MR) is 160 cm³/mol. The number of benzene rings is 2. The van der Waals surface area contributed by atoms with Gasteiger partial charge in [-0.25, -0.2) is 4.98 Å². The average molecular weight is 613 g/mol. The standard InChI is InChI=1S/C30H34BrN3O4S/c1-5-6-7-10-15-33(27(35)19-22-12-11-16-39-22)20(2)29-32-24-14-9-8-13-23(24)30(36)34(29)25-17-21(37-3)18-26(38-4)28(25)31/h8-9,11-14,16-18,20H,5-7,10,15,19H2,1-4H3. The van der Waals surface area contributed by atoms with Crippen LogP contribution in [0.4, 0.5) is 0 Å². The average Bonchev–Trinajstić information content (AvgIpc) is 3.46. The first-order valence-corrected chi connectivity index (χ1v) is 14.8. The number of nitrogens with zero attached hydrogens (tertiary/aromatic N) is 3. The van der Waals surface area contributed by atoms with Gasteiger partial charge < -0.3 is 14.4 Å². The Morgan fingerprint density at radius 2 is 1.90 bits per heavy atom. The number of halogens is 1. The Bertz CT molecular complexity index is 1490. The van der Waals surface area contributed by atoms with E-state index in [-0.39, 0.29) is 11.5 Å². The van der Waals surface area contributed by atoms with E-state index in [4.69, 9.17) is 14.5 Å². The molecule has 0 saturated carbocycles. The second kappa shape index (κ2) is 13.3. The van der Waals surface area contributed by atoms with Crippen LogP contribution in [0, 0.1) is 0 Å². The summed E-state index contributed by atoms with van der Waals surface area (Å²) < 4.78 is 13.3. The fourth-order valence-corrected chi connectivity index (χ4v) is 5.96. The van der Waals surface area contributed by atoms with Crippen molar-refractivity contribution in [3.8, 4) is 17.2 Å². The van der Waals surface area contributed by atoms with Crippen LogP contribution in [-0.2, 0) is 11.2 Å². The Kier molecular flexibility index (Phi) is 9.80. The molecule has 206 valence electrons. The maximum atomic E-state index is 14.1. The highest BCUT2D eigenvalue weighted by Crippen LogP contribution is 2.37. The van der Waals surface area contributed by atoms with Crippen LogP contribution >= 0.6 is 27.3 Å². The number of methoxy groups -OCH3 is 2. The van der Waals surface area contributed by atoms with E-state index in [1.807, 2.05) is 47.5 Å². The summed E-state index contributed by atoms with van der Waals surface area (Å²) >= 11 is 5.21. The van der Waals surface area contributed by atoms with E-state index < -0.39 is 6.04 Å². The molecule has 4 rings (SSSR count). The van der Waals surface area contributed by atoms with Crippen LogP contribution < -0.4 is 15.0 Å². The summed E-state index contributed by atoms with van der Waals surface area (Å²) in [5.41, 5.74) is 0.895. The van der Waals surface area contributed by atoms with Gasteiger partial charge in [0, 0.05) is 23.6 Å².